The van der Waals surface area contributed by atoms with E-state index in [0.717, 1.165) is 27.1 Å². The van der Waals surface area contributed by atoms with Crippen LogP contribution in [0.5, 0.6) is 0 Å². The van der Waals surface area contributed by atoms with Crippen molar-refractivity contribution in [3.8, 4) is 33.9 Å². The molecule has 0 spiro atoms. The summed E-state index contributed by atoms with van der Waals surface area (Å²) in [7, 11) is -0.698. The Hall–Kier alpha value is -5.70. The quantitative estimate of drug-likeness (QED) is 0.0916. The van der Waals surface area contributed by atoms with Gasteiger partial charge in [0.25, 0.3) is 11.4 Å². The first-order valence-corrected chi connectivity index (χ1v) is 16.9. The van der Waals surface area contributed by atoms with E-state index in [9.17, 15) is 20.2 Å². The molecule has 0 unspecified atom stereocenters. The summed E-state index contributed by atoms with van der Waals surface area (Å²) >= 11 is 3.39. The predicted molar refractivity (Wildman–Crippen MR) is 204 cm³/mol. The predicted octanol–water partition coefficient (Wildman–Crippen LogP) is 8.52. The van der Waals surface area contributed by atoms with E-state index in [4.69, 9.17) is 9.31 Å². The Morgan fingerprint density at radius 2 is 1.06 bits per heavy atom. The summed E-state index contributed by atoms with van der Waals surface area (Å²) in [5.74, 6) is 0. The van der Waals surface area contributed by atoms with Crippen molar-refractivity contribution in [2.45, 2.75) is 38.9 Å². The van der Waals surface area contributed by atoms with Gasteiger partial charge in [0.15, 0.2) is 0 Å². The Labute approximate surface area is 309 Å². The zero-order valence-corrected chi connectivity index (χ0v) is 30.4. The number of nitro benzene ring substituents is 2. The van der Waals surface area contributed by atoms with Crippen LogP contribution in [0.3, 0.4) is 0 Å². The van der Waals surface area contributed by atoms with Gasteiger partial charge in [0, 0.05) is 41.4 Å². The van der Waals surface area contributed by atoms with Crippen molar-refractivity contribution >= 4 is 39.9 Å². The molecule has 0 aliphatic carbocycles. The monoisotopic (exact) mass is 760 g/mol. The summed E-state index contributed by atoms with van der Waals surface area (Å²) in [5, 5.41) is 22.1. The lowest BCUT2D eigenvalue weighted by Crippen LogP contribution is -2.41. The molecule has 0 bridgehead atoms. The minimum Gasteiger partial charge on any atom is -0.399 e. The Kier molecular flexibility index (Phi) is 12.0. The van der Waals surface area contributed by atoms with Crippen LogP contribution in [0, 0.1) is 20.2 Å². The third-order valence-corrected chi connectivity index (χ3v) is 8.88. The van der Waals surface area contributed by atoms with Crippen LogP contribution in [0.4, 0.5) is 11.4 Å². The number of aromatic nitrogens is 4. The van der Waals surface area contributed by atoms with Crippen LogP contribution in [0.1, 0.15) is 27.7 Å². The lowest BCUT2D eigenvalue weighted by Gasteiger charge is -2.32. The van der Waals surface area contributed by atoms with Crippen molar-refractivity contribution in [1.82, 2.24) is 19.9 Å². The van der Waals surface area contributed by atoms with Gasteiger partial charge in [0.2, 0.25) is 0 Å². The summed E-state index contributed by atoms with van der Waals surface area (Å²) in [5.41, 5.74) is 4.08. The lowest BCUT2D eigenvalue weighted by molar-refractivity contribution is -0.384. The largest absolute Gasteiger partial charge is 0.501 e. The summed E-state index contributed by atoms with van der Waals surface area (Å²) < 4.78 is 12.6. The zero-order chi connectivity index (χ0) is 37.3. The molecule has 0 atom stereocenters. The highest BCUT2D eigenvalue weighted by molar-refractivity contribution is 9.10. The van der Waals surface area contributed by atoms with E-state index in [2.05, 4.69) is 35.9 Å². The van der Waals surface area contributed by atoms with E-state index >= 15 is 0 Å². The fourth-order valence-corrected chi connectivity index (χ4v) is 5.35. The van der Waals surface area contributed by atoms with Gasteiger partial charge in [-0.05, 0) is 87.9 Å². The standard InChI is InChI=1S/C16H11N3O2.C12H16BNO4.C10H7BrN2/c20-19(21)16-7-2-1-5-13(16)12-8-10-18-15(11-12)14-6-3-4-9-17-14;1-11(2)12(3,4)18-13(17-11)9-7-5-6-8-10(9)14(15)16;11-8-4-6-13-10(7-8)9-3-1-2-5-12-9/h1-11H;5-8H,1-4H3;1-7H. The Morgan fingerprint density at radius 3 is 1.60 bits per heavy atom. The fourth-order valence-electron chi connectivity index (χ4n) is 5.01. The van der Waals surface area contributed by atoms with E-state index in [1.807, 2.05) is 82.3 Å². The van der Waals surface area contributed by atoms with E-state index < -0.39 is 23.2 Å². The molecule has 0 radical (unpaired) electrons. The number of pyridine rings is 4. The van der Waals surface area contributed by atoms with Crippen molar-refractivity contribution < 1.29 is 19.2 Å². The first-order valence-electron chi connectivity index (χ1n) is 16.1. The number of rotatable bonds is 6. The second-order valence-electron chi connectivity index (χ2n) is 12.4. The van der Waals surface area contributed by atoms with Crippen LogP contribution < -0.4 is 5.46 Å². The first-order chi connectivity index (χ1) is 24.9. The highest BCUT2D eigenvalue weighted by Crippen LogP contribution is 2.37. The molecule has 4 aromatic heterocycles. The molecule has 6 aromatic rings. The second kappa shape index (κ2) is 16.5. The number of nitro groups is 2. The summed E-state index contributed by atoms with van der Waals surface area (Å²) in [4.78, 5) is 38.3. The molecule has 7 rings (SSSR count). The van der Waals surface area contributed by atoms with Crippen LogP contribution in [0.25, 0.3) is 33.9 Å². The third-order valence-electron chi connectivity index (χ3n) is 8.39. The average Bonchev–Trinajstić information content (AvgIpc) is 3.38. The Bertz CT molecular complexity index is 2140. The van der Waals surface area contributed by atoms with Crippen molar-refractivity contribution in [3.05, 3.63) is 159 Å². The van der Waals surface area contributed by atoms with Gasteiger partial charge >= 0.3 is 7.12 Å². The van der Waals surface area contributed by atoms with Crippen molar-refractivity contribution in [2.24, 2.45) is 0 Å². The molecule has 1 aliphatic heterocycles. The van der Waals surface area contributed by atoms with Crippen molar-refractivity contribution in [1.29, 1.82) is 0 Å². The van der Waals surface area contributed by atoms with E-state index in [1.54, 1.807) is 67.3 Å². The van der Waals surface area contributed by atoms with Crippen molar-refractivity contribution in [3.63, 3.8) is 0 Å². The average molecular weight is 761 g/mol. The Balaban J connectivity index is 0.000000155. The van der Waals surface area contributed by atoms with Gasteiger partial charge in [0.05, 0.1) is 54.9 Å². The molecule has 0 saturated carbocycles. The number of hydrogen-bond acceptors (Lipinski definition) is 10. The van der Waals surface area contributed by atoms with Crippen LogP contribution >= 0.6 is 15.9 Å². The van der Waals surface area contributed by atoms with Gasteiger partial charge in [-0.3, -0.25) is 40.2 Å². The second-order valence-corrected chi connectivity index (χ2v) is 13.3. The number of hydrogen-bond donors (Lipinski definition) is 0. The zero-order valence-electron chi connectivity index (χ0n) is 28.8. The van der Waals surface area contributed by atoms with Gasteiger partial charge in [-0.15, -0.1) is 0 Å². The van der Waals surface area contributed by atoms with Crippen LogP contribution in [-0.4, -0.2) is 48.1 Å². The summed E-state index contributed by atoms with van der Waals surface area (Å²) in [6, 6.07) is 31.9. The fraction of sp³-hybridized carbons (Fsp3) is 0.158. The molecule has 0 amide bonds. The molecular weight excluding hydrogens is 727 g/mol. The number of benzene rings is 2. The van der Waals surface area contributed by atoms with E-state index in [0.29, 0.717) is 16.7 Å². The maximum absolute atomic E-state index is 11.1. The minimum atomic E-state index is -0.698. The maximum Gasteiger partial charge on any atom is 0.501 e. The SMILES string of the molecule is Brc1ccnc(-c2ccccn2)c1.CC1(C)OB(c2ccccc2[N+](=O)[O-])OC1(C)C.O=[N+]([O-])c1ccccc1-c1ccnc(-c2ccccn2)c1. The van der Waals surface area contributed by atoms with Gasteiger partial charge in [-0.2, -0.15) is 0 Å². The third kappa shape index (κ3) is 9.15. The molecule has 1 saturated heterocycles. The molecule has 52 heavy (non-hydrogen) atoms. The number of para-hydroxylation sites is 2. The number of nitrogens with zero attached hydrogens (tertiary/aromatic N) is 6. The normalized spacial score (nSPS) is 13.9. The van der Waals surface area contributed by atoms with Crippen LogP contribution in [-0.2, 0) is 9.31 Å². The van der Waals surface area contributed by atoms with E-state index in [1.165, 1.54) is 12.1 Å². The van der Waals surface area contributed by atoms with Gasteiger partial charge < -0.3 is 9.31 Å². The van der Waals surface area contributed by atoms with E-state index in [-0.39, 0.29) is 16.3 Å². The maximum atomic E-state index is 11.1. The smallest absolute Gasteiger partial charge is 0.399 e. The molecule has 2 aromatic carbocycles. The topological polar surface area (TPSA) is 156 Å². The Morgan fingerprint density at radius 1 is 0.577 bits per heavy atom. The van der Waals surface area contributed by atoms with Gasteiger partial charge in [-0.25, -0.2) is 0 Å². The van der Waals surface area contributed by atoms with Crippen LogP contribution in [0.2, 0.25) is 0 Å². The minimum absolute atomic E-state index is 0.0241. The van der Waals surface area contributed by atoms with Crippen LogP contribution in [0.15, 0.2) is 138 Å². The molecule has 5 heterocycles. The summed E-state index contributed by atoms with van der Waals surface area (Å²) in [6.07, 6.45) is 6.84. The van der Waals surface area contributed by atoms with Gasteiger partial charge in [-0.1, -0.05) is 58.4 Å². The first kappa shape index (κ1) is 37.6. The molecule has 262 valence electrons. The molecular formula is C38H34BBrN6O6. The highest BCUT2D eigenvalue weighted by Gasteiger charge is 2.53. The molecule has 12 nitrogen and oxygen atoms in total. The molecule has 0 N–H and O–H groups in total. The molecule has 14 heteroatoms. The number of halogens is 1. The lowest BCUT2D eigenvalue weighted by atomic mass is 9.78. The highest BCUT2D eigenvalue weighted by atomic mass is 79.9. The molecule has 1 aliphatic rings. The van der Waals surface area contributed by atoms with Gasteiger partial charge in [0.1, 0.15) is 0 Å². The summed E-state index contributed by atoms with van der Waals surface area (Å²) in [6.45, 7) is 7.67. The van der Waals surface area contributed by atoms with Crippen molar-refractivity contribution in [2.75, 3.05) is 0 Å². The molecule has 1 fully saturated rings.